The van der Waals surface area contributed by atoms with Gasteiger partial charge in [-0.1, -0.05) is 6.92 Å². The van der Waals surface area contributed by atoms with Crippen LogP contribution in [0.3, 0.4) is 0 Å². The number of hydrogen-bond donors (Lipinski definition) is 2. The molecule has 3 rings (SSSR count). The first-order valence-corrected chi connectivity index (χ1v) is 8.20. The molecule has 1 fully saturated rings. The number of hydrogen-bond acceptors (Lipinski definition) is 6. The molecule has 0 aromatic carbocycles. The van der Waals surface area contributed by atoms with Crippen molar-refractivity contribution in [3.8, 4) is 0 Å². The zero-order valence-corrected chi connectivity index (χ0v) is 13.5. The summed E-state index contributed by atoms with van der Waals surface area (Å²) >= 11 is 1.23. The molecule has 1 saturated heterocycles. The van der Waals surface area contributed by atoms with Crippen molar-refractivity contribution in [1.82, 2.24) is 29.4 Å². The first kappa shape index (κ1) is 14.9. The summed E-state index contributed by atoms with van der Waals surface area (Å²) in [6.07, 6.45) is 2.71. The summed E-state index contributed by atoms with van der Waals surface area (Å²) in [5, 5.41) is 10.4. The molecule has 0 spiro atoms. The number of nitrogens with zero attached hydrogens (tertiary/aromatic N) is 5. The molecule has 1 aliphatic heterocycles. The van der Waals surface area contributed by atoms with Gasteiger partial charge in [0.15, 0.2) is 5.82 Å². The van der Waals surface area contributed by atoms with Gasteiger partial charge in [0, 0.05) is 37.0 Å². The Balaban J connectivity index is 1.56. The van der Waals surface area contributed by atoms with E-state index >= 15 is 0 Å². The second-order valence-electron chi connectivity index (χ2n) is 5.41. The quantitative estimate of drug-likeness (QED) is 0.896. The highest BCUT2D eigenvalue weighted by molar-refractivity contribution is 7.09. The second kappa shape index (κ2) is 6.39. The van der Waals surface area contributed by atoms with E-state index in [1.165, 1.54) is 11.5 Å². The van der Waals surface area contributed by atoms with Gasteiger partial charge in [-0.25, -0.2) is 14.8 Å². The lowest BCUT2D eigenvalue weighted by Crippen LogP contribution is -2.32. The summed E-state index contributed by atoms with van der Waals surface area (Å²) in [4.78, 5) is 22.7. The first-order valence-electron chi connectivity index (χ1n) is 7.43. The zero-order valence-electron chi connectivity index (χ0n) is 12.7. The van der Waals surface area contributed by atoms with Crippen molar-refractivity contribution in [2.45, 2.75) is 39.0 Å². The summed E-state index contributed by atoms with van der Waals surface area (Å²) in [7, 11) is 0. The van der Waals surface area contributed by atoms with Crippen molar-refractivity contribution in [1.29, 1.82) is 0 Å². The molecule has 2 aromatic heterocycles. The SMILES string of the molecule is CCCc1nsc(NC(=O)N2CCC(c3n[nH]c(C)n3)C2)n1. The van der Waals surface area contributed by atoms with Gasteiger partial charge in [-0.2, -0.15) is 9.47 Å². The third-order valence-corrected chi connectivity index (χ3v) is 4.28. The highest BCUT2D eigenvalue weighted by Crippen LogP contribution is 2.25. The molecule has 1 atom stereocenters. The van der Waals surface area contributed by atoms with Crippen LogP contribution in [0, 0.1) is 6.92 Å². The topological polar surface area (TPSA) is 99.7 Å². The average molecular weight is 321 g/mol. The van der Waals surface area contributed by atoms with E-state index in [9.17, 15) is 4.79 Å². The van der Waals surface area contributed by atoms with Crippen molar-refractivity contribution in [2.24, 2.45) is 0 Å². The fourth-order valence-electron chi connectivity index (χ4n) is 2.50. The van der Waals surface area contributed by atoms with E-state index in [-0.39, 0.29) is 11.9 Å². The van der Waals surface area contributed by atoms with Crippen LogP contribution in [0.4, 0.5) is 9.93 Å². The second-order valence-corrected chi connectivity index (χ2v) is 6.16. The molecular formula is C13H19N7OS. The molecule has 9 heteroatoms. The number of aromatic nitrogens is 5. The Morgan fingerprint density at radius 3 is 3.09 bits per heavy atom. The molecular weight excluding hydrogens is 302 g/mol. The van der Waals surface area contributed by atoms with Gasteiger partial charge in [-0.3, -0.25) is 10.4 Å². The van der Waals surface area contributed by atoms with Crippen LogP contribution < -0.4 is 5.32 Å². The molecule has 2 aromatic rings. The van der Waals surface area contributed by atoms with Crippen molar-refractivity contribution >= 4 is 22.7 Å². The molecule has 2 amide bonds. The molecule has 8 nitrogen and oxygen atoms in total. The predicted molar refractivity (Wildman–Crippen MR) is 83.0 cm³/mol. The van der Waals surface area contributed by atoms with Gasteiger partial charge in [-0.15, -0.1) is 0 Å². The predicted octanol–water partition coefficient (Wildman–Crippen LogP) is 1.94. The zero-order chi connectivity index (χ0) is 15.5. The molecule has 118 valence electrons. The standard InChI is InChI=1S/C13H19N7OS/c1-3-4-10-15-12(22-19-10)16-13(21)20-6-5-9(7-20)11-14-8(2)17-18-11/h9H,3-7H2,1-2H3,(H,14,17,18)(H,15,16,19,21). The number of carbonyl (C=O) groups excluding carboxylic acids is 1. The Morgan fingerprint density at radius 1 is 1.50 bits per heavy atom. The van der Waals surface area contributed by atoms with E-state index in [1.54, 1.807) is 4.90 Å². The van der Waals surface area contributed by atoms with Crippen LogP contribution in [-0.4, -0.2) is 48.6 Å². The highest BCUT2D eigenvalue weighted by atomic mass is 32.1. The number of likely N-dealkylation sites (tertiary alicyclic amines) is 1. The minimum Gasteiger partial charge on any atom is -0.324 e. The number of amides is 2. The lowest BCUT2D eigenvalue weighted by Gasteiger charge is -2.15. The van der Waals surface area contributed by atoms with Crippen LogP contribution in [0.2, 0.25) is 0 Å². The van der Waals surface area contributed by atoms with Crippen LogP contribution in [-0.2, 0) is 6.42 Å². The minimum atomic E-state index is -0.131. The lowest BCUT2D eigenvalue weighted by molar-refractivity contribution is 0.222. The number of aromatic amines is 1. The number of rotatable bonds is 4. The number of H-pyrrole nitrogens is 1. The van der Waals surface area contributed by atoms with E-state index in [2.05, 4.69) is 36.8 Å². The molecule has 0 radical (unpaired) electrons. The maximum absolute atomic E-state index is 12.3. The summed E-state index contributed by atoms with van der Waals surface area (Å²) in [6, 6.07) is -0.131. The molecule has 2 N–H and O–H groups in total. The van der Waals surface area contributed by atoms with Gasteiger partial charge < -0.3 is 4.90 Å². The normalized spacial score (nSPS) is 17.9. The smallest absolute Gasteiger partial charge is 0.323 e. The number of aryl methyl sites for hydroxylation is 2. The van der Waals surface area contributed by atoms with Crippen LogP contribution >= 0.6 is 11.5 Å². The molecule has 1 aliphatic rings. The Morgan fingerprint density at radius 2 is 2.36 bits per heavy atom. The minimum absolute atomic E-state index is 0.131. The van der Waals surface area contributed by atoms with Gasteiger partial charge in [-0.05, 0) is 19.8 Å². The van der Waals surface area contributed by atoms with E-state index < -0.39 is 0 Å². The fraction of sp³-hybridized carbons (Fsp3) is 0.615. The summed E-state index contributed by atoms with van der Waals surface area (Å²) in [5.74, 6) is 2.57. The summed E-state index contributed by atoms with van der Waals surface area (Å²) in [6.45, 7) is 5.28. The number of nitrogens with one attached hydrogen (secondary N) is 2. The Bertz CT molecular complexity index is 652. The Hall–Kier alpha value is -2.03. The number of anilines is 1. The van der Waals surface area contributed by atoms with Crippen molar-refractivity contribution in [3.05, 3.63) is 17.5 Å². The van der Waals surface area contributed by atoms with Crippen molar-refractivity contribution in [3.63, 3.8) is 0 Å². The Labute approximate surface area is 132 Å². The van der Waals surface area contributed by atoms with Crippen LogP contribution in [0.5, 0.6) is 0 Å². The lowest BCUT2D eigenvalue weighted by atomic mass is 10.1. The Kier molecular flexibility index (Phi) is 4.32. The van der Waals surface area contributed by atoms with Gasteiger partial charge in [0.25, 0.3) is 0 Å². The number of carbonyl (C=O) groups is 1. The summed E-state index contributed by atoms with van der Waals surface area (Å²) in [5.41, 5.74) is 0. The van der Waals surface area contributed by atoms with Crippen LogP contribution in [0.1, 0.15) is 43.2 Å². The van der Waals surface area contributed by atoms with E-state index in [0.717, 1.165) is 36.7 Å². The van der Waals surface area contributed by atoms with Gasteiger partial charge in [0.1, 0.15) is 11.6 Å². The van der Waals surface area contributed by atoms with Gasteiger partial charge >= 0.3 is 6.03 Å². The van der Waals surface area contributed by atoms with Gasteiger partial charge in [0.05, 0.1) is 0 Å². The molecule has 0 saturated carbocycles. The van der Waals surface area contributed by atoms with Crippen LogP contribution in [0.15, 0.2) is 0 Å². The first-order chi connectivity index (χ1) is 10.7. The third-order valence-electron chi connectivity index (χ3n) is 3.61. The maximum Gasteiger partial charge on any atom is 0.323 e. The van der Waals surface area contributed by atoms with E-state index in [0.29, 0.717) is 18.2 Å². The van der Waals surface area contributed by atoms with Crippen molar-refractivity contribution in [2.75, 3.05) is 18.4 Å². The largest absolute Gasteiger partial charge is 0.324 e. The van der Waals surface area contributed by atoms with Crippen LogP contribution in [0.25, 0.3) is 0 Å². The number of urea groups is 1. The highest BCUT2D eigenvalue weighted by Gasteiger charge is 2.30. The van der Waals surface area contributed by atoms with E-state index in [4.69, 9.17) is 0 Å². The fourth-order valence-corrected chi connectivity index (χ4v) is 3.10. The molecule has 0 aliphatic carbocycles. The monoisotopic (exact) mass is 321 g/mol. The molecule has 3 heterocycles. The van der Waals surface area contributed by atoms with Crippen molar-refractivity contribution < 1.29 is 4.79 Å². The van der Waals surface area contributed by atoms with E-state index in [1.807, 2.05) is 6.92 Å². The van der Waals surface area contributed by atoms with Gasteiger partial charge in [0.2, 0.25) is 5.13 Å². The maximum atomic E-state index is 12.3. The third kappa shape index (κ3) is 3.24. The summed E-state index contributed by atoms with van der Waals surface area (Å²) < 4.78 is 4.22. The molecule has 22 heavy (non-hydrogen) atoms. The average Bonchev–Trinajstić information content (AvgIpc) is 3.19. The molecule has 0 bridgehead atoms. The molecule has 1 unspecified atom stereocenters.